The molecule has 0 radical (unpaired) electrons. The first-order valence-corrected chi connectivity index (χ1v) is 9.12. The Balaban J connectivity index is 1.81. The van der Waals surface area contributed by atoms with Crippen LogP contribution in [-0.4, -0.2) is 53.5 Å². The van der Waals surface area contributed by atoms with Gasteiger partial charge in [0.05, 0.1) is 12.3 Å². The number of hydrogen-bond donors (Lipinski definition) is 0. The third-order valence-electron chi connectivity index (χ3n) is 4.43. The van der Waals surface area contributed by atoms with Crippen molar-refractivity contribution in [2.24, 2.45) is 0 Å². The van der Waals surface area contributed by atoms with Gasteiger partial charge >= 0.3 is 0 Å². The zero-order chi connectivity index (χ0) is 18.6. The third-order valence-corrected chi connectivity index (χ3v) is 4.43. The maximum absolute atomic E-state index is 5.31. The van der Waals surface area contributed by atoms with Crippen LogP contribution in [0.4, 0.5) is 11.6 Å². The van der Waals surface area contributed by atoms with Gasteiger partial charge in [0.25, 0.3) is 0 Å². The predicted octanol–water partition coefficient (Wildman–Crippen LogP) is 2.43. The first-order chi connectivity index (χ1) is 12.5. The van der Waals surface area contributed by atoms with Crippen LogP contribution in [0.1, 0.15) is 38.7 Å². The average molecular weight is 356 g/mol. The summed E-state index contributed by atoms with van der Waals surface area (Å²) in [4.78, 5) is 14.2. The minimum Gasteiger partial charge on any atom is -0.378 e. The van der Waals surface area contributed by atoms with E-state index >= 15 is 0 Å². The first-order valence-electron chi connectivity index (χ1n) is 9.12. The lowest BCUT2D eigenvalue weighted by Crippen LogP contribution is -2.32. The monoisotopic (exact) mass is 356 g/mol. The zero-order valence-electron chi connectivity index (χ0n) is 16.1. The summed E-state index contributed by atoms with van der Waals surface area (Å²) in [6, 6.07) is 6.00. The molecule has 0 aromatic carbocycles. The van der Waals surface area contributed by atoms with E-state index in [0.29, 0.717) is 6.61 Å². The number of aromatic nitrogens is 4. The first kappa shape index (κ1) is 18.5. The van der Waals surface area contributed by atoms with E-state index in [-0.39, 0.29) is 5.41 Å². The molecule has 140 valence electrons. The number of hydrogen-bond acceptors (Lipinski definition) is 7. The Morgan fingerprint density at radius 1 is 1.04 bits per heavy atom. The Hall–Kier alpha value is -2.28. The van der Waals surface area contributed by atoms with Crippen molar-refractivity contribution in [2.75, 3.05) is 43.1 Å². The van der Waals surface area contributed by atoms with Crippen molar-refractivity contribution < 1.29 is 4.74 Å². The summed E-state index contributed by atoms with van der Waals surface area (Å²) < 4.78 is 5.31. The molecule has 0 atom stereocenters. The lowest BCUT2D eigenvalue weighted by atomic mass is 9.95. The quantitative estimate of drug-likeness (QED) is 0.833. The summed E-state index contributed by atoms with van der Waals surface area (Å²) in [7, 11) is 1.70. The molecule has 26 heavy (non-hydrogen) atoms. The topological polar surface area (TPSA) is 67.3 Å². The van der Waals surface area contributed by atoms with Crippen molar-refractivity contribution >= 4 is 11.6 Å². The molecule has 1 aliphatic rings. The molecule has 0 aliphatic carbocycles. The summed E-state index contributed by atoms with van der Waals surface area (Å²) in [6.07, 6.45) is 2.75. The van der Waals surface area contributed by atoms with Gasteiger partial charge in [0.2, 0.25) is 0 Å². The molecule has 3 rings (SSSR count). The summed E-state index contributed by atoms with van der Waals surface area (Å²) >= 11 is 0. The molecule has 1 saturated heterocycles. The van der Waals surface area contributed by atoms with Gasteiger partial charge in [0, 0.05) is 51.0 Å². The van der Waals surface area contributed by atoms with Crippen LogP contribution in [0.15, 0.2) is 24.4 Å². The molecule has 2 aromatic rings. The van der Waals surface area contributed by atoms with Gasteiger partial charge in [-0.25, -0.2) is 9.97 Å². The molecule has 3 heterocycles. The molecule has 1 fully saturated rings. The highest BCUT2D eigenvalue weighted by atomic mass is 16.5. The molecule has 7 nitrogen and oxygen atoms in total. The lowest BCUT2D eigenvalue weighted by molar-refractivity contribution is 0.181. The van der Waals surface area contributed by atoms with E-state index in [2.05, 4.69) is 51.8 Å². The SMILES string of the molecule is COCc1cc(N2CCCN(c3cccnn3)CC2)nc(C(C)(C)C)n1. The highest BCUT2D eigenvalue weighted by Gasteiger charge is 2.22. The van der Waals surface area contributed by atoms with Crippen LogP contribution in [0.2, 0.25) is 0 Å². The van der Waals surface area contributed by atoms with Crippen molar-refractivity contribution in [3.05, 3.63) is 35.9 Å². The number of anilines is 2. The highest BCUT2D eigenvalue weighted by molar-refractivity contribution is 5.43. The Kier molecular flexibility index (Phi) is 5.66. The predicted molar refractivity (Wildman–Crippen MR) is 103 cm³/mol. The van der Waals surface area contributed by atoms with E-state index in [1.807, 2.05) is 12.1 Å². The molecule has 2 aromatic heterocycles. The van der Waals surface area contributed by atoms with Crippen LogP contribution in [0.3, 0.4) is 0 Å². The second-order valence-corrected chi connectivity index (χ2v) is 7.63. The van der Waals surface area contributed by atoms with E-state index in [9.17, 15) is 0 Å². The van der Waals surface area contributed by atoms with Gasteiger partial charge in [-0.05, 0) is 18.6 Å². The number of methoxy groups -OCH3 is 1. The fourth-order valence-electron chi connectivity index (χ4n) is 3.04. The zero-order valence-corrected chi connectivity index (χ0v) is 16.1. The van der Waals surface area contributed by atoms with E-state index in [1.54, 1.807) is 13.3 Å². The van der Waals surface area contributed by atoms with Crippen LogP contribution in [-0.2, 0) is 16.8 Å². The second-order valence-electron chi connectivity index (χ2n) is 7.63. The maximum atomic E-state index is 5.31. The summed E-state index contributed by atoms with van der Waals surface area (Å²) in [6.45, 7) is 10.6. The van der Waals surface area contributed by atoms with Crippen LogP contribution < -0.4 is 9.80 Å². The van der Waals surface area contributed by atoms with Gasteiger partial charge in [-0.3, -0.25) is 0 Å². The van der Waals surface area contributed by atoms with Gasteiger partial charge in [-0.2, -0.15) is 5.10 Å². The lowest BCUT2D eigenvalue weighted by Gasteiger charge is -2.25. The van der Waals surface area contributed by atoms with E-state index < -0.39 is 0 Å². The molecule has 7 heteroatoms. The largest absolute Gasteiger partial charge is 0.378 e. The van der Waals surface area contributed by atoms with Gasteiger partial charge < -0.3 is 14.5 Å². The molecule has 0 spiro atoms. The van der Waals surface area contributed by atoms with E-state index in [1.165, 1.54) is 0 Å². The Morgan fingerprint density at radius 2 is 1.77 bits per heavy atom. The second kappa shape index (κ2) is 7.95. The summed E-state index contributed by atoms with van der Waals surface area (Å²) in [5.41, 5.74) is 0.827. The highest BCUT2D eigenvalue weighted by Crippen LogP contribution is 2.24. The smallest absolute Gasteiger partial charge is 0.151 e. The standard InChI is InChI=1S/C19H28N6O/c1-19(2,3)18-21-15(14-26-4)13-17(22-18)25-10-6-9-24(11-12-25)16-7-5-8-20-23-16/h5,7-8,13H,6,9-12,14H2,1-4H3. The van der Waals surface area contributed by atoms with Crippen molar-refractivity contribution in [2.45, 2.75) is 39.2 Å². The number of ether oxygens (including phenoxy) is 1. The number of rotatable bonds is 4. The molecular formula is C19H28N6O. The van der Waals surface area contributed by atoms with Gasteiger partial charge in [0.15, 0.2) is 5.82 Å². The molecule has 0 saturated carbocycles. The van der Waals surface area contributed by atoms with Crippen molar-refractivity contribution in [3.8, 4) is 0 Å². The Labute approximate surface area is 155 Å². The maximum Gasteiger partial charge on any atom is 0.151 e. The Morgan fingerprint density at radius 3 is 2.38 bits per heavy atom. The minimum absolute atomic E-state index is 0.101. The van der Waals surface area contributed by atoms with Crippen molar-refractivity contribution in [3.63, 3.8) is 0 Å². The van der Waals surface area contributed by atoms with E-state index in [0.717, 1.165) is 55.8 Å². The van der Waals surface area contributed by atoms with Crippen molar-refractivity contribution in [1.82, 2.24) is 20.2 Å². The van der Waals surface area contributed by atoms with Crippen molar-refractivity contribution in [1.29, 1.82) is 0 Å². The fourth-order valence-corrected chi connectivity index (χ4v) is 3.04. The van der Waals surface area contributed by atoms with Crippen LogP contribution >= 0.6 is 0 Å². The molecule has 0 bridgehead atoms. The van der Waals surface area contributed by atoms with Crippen LogP contribution in [0.25, 0.3) is 0 Å². The number of nitrogens with zero attached hydrogens (tertiary/aromatic N) is 6. The third kappa shape index (κ3) is 4.46. The van der Waals surface area contributed by atoms with Gasteiger partial charge in [0.1, 0.15) is 11.6 Å². The molecule has 0 amide bonds. The molecule has 0 unspecified atom stereocenters. The minimum atomic E-state index is -0.101. The van der Waals surface area contributed by atoms with E-state index in [4.69, 9.17) is 9.72 Å². The summed E-state index contributed by atoms with van der Waals surface area (Å²) in [5, 5.41) is 8.24. The average Bonchev–Trinajstić information content (AvgIpc) is 2.88. The van der Waals surface area contributed by atoms with Gasteiger partial charge in [-0.15, -0.1) is 5.10 Å². The normalized spacial score (nSPS) is 15.8. The van der Waals surface area contributed by atoms with Crippen LogP contribution in [0.5, 0.6) is 0 Å². The Bertz CT molecular complexity index is 716. The fraction of sp³-hybridized carbons (Fsp3) is 0.579. The summed E-state index contributed by atoms with van der Waals surface area (Å²) in [5.74, 6) is 2.78. The molecular weight excluding hydrogens is 328 g/mol. The molecule has 1 aliphatic heterocycles. The molecule has 0 N–H and O–H groups in total. The van der Waals surface area contributed by atoms with Gasteiger partial charge in [-0.1, -0.05) is 20.8 Å². The van der Waals surface area contributed by atoms with Crippen LogP contribution in [0, 0.1) is 0 Å².